The highest BCUT2D eigenvalue weighted by Gasteiger charge is 2.13. The molecule has 0 aromatic heterocycles. The first-order valence-corrected chi connectivity index (χ1v) is 7.23. The normalized spacial score (nSPS) is 10.3. The maximum atomic E-state index is 12.4. The molecule has 0 saturated carbocycles. The number of aryl methyl sites for hydroxylation is 1. The lowest BCUT2D eigenvalue weighted by Gasteiger charge is -2.12. The molecule has 1 amide bonds. The molecule has 110 valence electrons. The highest BCUT2D eigenvalue weighted by molar-refractivity contribution is 9.10. The predicted molar refractivity (Wildman–Crippen MR) is 89.0 cm³/mol. The van der Waals surface area contributed by atoms with Crippen molar-refractivity contribution in [3.05, 3.63) is 51.5 Å². The van der Waals surface area contributed by atoms with Crippen molar-refractivity contribution in [2.75, 3.05) is 18.2 Å². The van der Waals surface area contributed by atoms with Crippen LogP contribution >= 0.6 is 15.9 Å². The van der Waals surface area contributed by atoms with Crippen molar-refractivity contribution < 1.29 is 9.53 Å². The summed E-state index contributed by atoms with van der Waals surface area (Å²) in [7, 11) is 1.61. The topological polar surface area (TPSA) is 64.3 Å². The van der Waals surface area contributed by atoms with Crippen LogP contribution in [0.4, 0.5) is 11.4 Å². The Hall–Kier alpha value is -2.01. The third kappa shape index (κ3) is 3.36. The minimum atomic E-state index is -0.186. The lowest BCUT2D eigenvalue weighted by atomic mass is 10.1. The Bertz CT molecular complexity index is 699. The van der Waals surface area contributed by atoms with Crippen LogP contribution in [0.25, 0.3) is 0 Å². The Balaban J connectivity index is 2.30. The number of nitrogens with one attached hydrogen (secondary N) is 1. The van der Waals surface area contributed by atoms with Gasteiger partial charge in [0.05, 0.1) is 7.11 Å². The van der Waals surface area contributed by atoms with Crippen LogP contribution < -0.4 is 15.8 Å². The number of ether oxygens (including phenoxy) is 1. The highest BCUT2D eigenvalue weighted by Crippen LogP contribution is 2.25. The van der Waals surface area contributed by atoms with Crippen LogP contribution in [0.2, 0.25) is 0 Å². The number of carbonyl (C=O) groups is 1. The van der Waals surface area contributed by atoms with Crippen LogP contribution in [0.3, 0.4) is 0 Å². The summed E-state index contributed by atoms with van der Waals surface area (Å²) in [5, 5.41) is 2.90. The van der Waals surface area contributed by atoms with Crippen LogP contribution in [-0.4, -0.2) is 13.0 Å². The molecule has 21 heavy (non-hydrogen) atoms. The van der Waals surface area contributed by atoms with E-state index < -0.39 is 0 Å². The van der Waals surface area contributed by atoms with Gasteiger partial charge in [0.25, 0.3) is 5.91 Å². The van der Waals surface area contributed by atoms with Crippen molar-refractivity contribution >= 4 is 33.2 Å². The van der Waals surface area contributed by atoms with Gasteiger partial charge in [0.1, 0.15) is 5.75 Å². The van der Waals surface area contributed by atoms with Crippen LogP contribution in [-0.2, 0) is 0 Å². The standard InChI is InChI=1S/C16H17BrN2O2/c1-9-6-12(21-3)4-5-15(9)19-16(20)13-7-11(17)8-14(18)10(13)2/h4-8H,18H2,1-3H3,(H,19,20). The molecule has 0 bridgehead atoms. The Morgan fingerprint density at radius 3 is 2.57 bits per heavy atom. The van der Waals surface area contributed by atoms with E-state index in [2.05, 4.69) is 21.2 Å². The van der Waals surface area contributed by atoms with Crippen molar-refractivity contribution in [2.24, 2.45) is 0 Å². The molecule has 0 atom stereocenters. The van der Waals surface area contributed by atoms with Gasteiger partial charge in [-0.05, 0) is 55.3 Å². The largest absolute Gasteiger partial charge is 0.497 e. The summed E-state index contributed by atoms with van der Waals surface area (Å²) in [6, 6.07) is 9.05. The first-order chi connectivity index (χ1) is 9.92. The first kappa shape index (κ1) is 15.4. The molecule has 0 radical (unpaired) electrons. The van der Waals surface area contributed by atoms with Crippen LogP contribution in [0.15, 0.2) is 34.8 Å². The Morgan fingerprint density at radius 1 is 1.24 bits per heavy atom. The molecule has 0 saturated heterocycles. The number of amides is 1. The molecule has 0 aliphatic carbocycles. The SMILES string of the molecule is COc1ccc(NC(=O)c2cc(Br)cc(N)c2C)c(C)c1. The van der Waals surface area contributed by atoms with Gasteiger partial charge >= 0.3 is 0 Å². The Labute approximate surface area is 132 Å². The summed E-state index contributed by atoms with van der Waals surface area (Å²) in [6.45, 7) is 3.75. The van der Waals surface area contributed by atoms with Gasteiger partial charge in [0.15, 0.2) is 0 Å². The van der Waals surface area contributed by atoms with Gasteiger partial charge < -0.3 is 15.8 Å². The van der Waals surface area contributed by atoms with Crippen LogP contribution in [0, 0.1) is 13.8 Å². The smallest absolute Gasteiger partial charge is 0.256 e. The monoisotopic (exact) mass is 348 g/mol. The van der Waals surface area contributed by atoms with Gasteiger partial charge in [-0.2, -0.15) is 0 Å². The number of benzene rings is 2. The minimum absolute atomic E-state index is 0.186. The summed E-state index contributed by atoms with van der Waals surface area (Å²) in [5.41, 5.74) is 9.48. The first-order valence-electron chi connectivity index (χ1n) is 6.44. The van der Waals surface area contributed by atoms with Gasteiger partial charge in [0.2, 0.25) is 0 Å². The molecule has 5 heteroatoms. The average Bonchev–Trinajstić information content (AvgIpc) is 2.44. The fraction of sp³-hybridized carbons (Fsp3) is 0.188. The summed E-state index contributed by atoms with van der Waals surface area (Å²) in [5.74, 6) is 0.571. The fourth-order valence-electron chi connectivity index (χ4n) is 2.03. The second-order valence-electron chi connectivity index (χ2n) is 4.80. The lowest BCUT2D eigenvalue weighted by molar-refractivity contribution is 0.102. The highest BCUT2D eigenvalue weighted by atomic mass is 79.9. The van der Waals surface area contributed by atoms with Crippen molar-refractivity contribution in [1.82, 2.24) is 0 Å². The molecular formula is C16H17BrN2O2. The van der Waals surface area contributed by atoms with Crippen molar-refractivity contribution in [3.63, 3.8) is 0 Å². The zero-order valence-electron chi connectivity index (χ0n) is 12.2. The number of rotatable bonds is 3. The molecule has 0 heterocycles. The van der Waals surface area contributed by atoms with E-state index in [1.807, 2.05) is 32.0 Å². The molecule has 2 aromatic rings. The molecule has 0 unspecified atom stereocenters. The van der Waals surface area contributed by atoms with Crippen LogP contribution in [0.1, 0.15) is 21.5 Å². The Kier molecular flexibility index (Phi) is 4.53. The van der Waals surface area contributed by atoms with E-state index in [0.29, 0.717) is 11.3 Å². The van der Waals surface area contributed by atoms with Gasteiger partial charge in [-0.3, -0.25) is 4.79 Å². The maximum Gasteiger partial charge on any atom is 0.256 e. The van der Waals surface area contributed by atoms with E-state index in [1.54, 1.807) is 19.2 Å². The number of methoxy groups -OCH3 is 1. The third-order valence-electron chi connectivity index (χ3n) is 3.34. The molecular weight excluding hydrogens is 332 g/mol. The zero-order valence-corrected chi connectivity index (χ0v) is 13.7. The second kappa shape index (κ2) is 6.18. The van der Waals surface area contributed by atoms with Gasteiger partial charge in [-0.25, -0.2) is 0 Å². The van der Waals surface area contributed by atoms with E-state index in [1.165, 1.54) is 0 Å². The van der Waals surface area contributed by atoms with Crippen LogP contribution in [0.5, 0.6) is 5.75 Å². The molecule has 3 N–H and O–H groups in total. The molecule has 0 fully saturated rings. The molecule has 4 nitrogen and oxygen atoms in total. The maximum absolute atomic E-state index is 12.4. The van der Waals surface area contributed by atoms with Crippen molar-refractivity contribution in [1.29, 1.82) is 0 Å². The fourth-order valence-corrected chi connectivity index (χ4v) is 2.50. The van der Waals surface area contributed by atoms with Gasteiger partial charge in [-0.1, -0.05) is 15.9 Å². The second-order valence-corrected chi connectivity index (χ2v) is 5.72. The number of hydrogen-bond donors (Lipinski definition) is 2. The summed E-state index contributed by atoms with van der Waals surface area (Å²) in [6.07, 6.45) is 0. The zero-order chi connectivity index (χ0) is 15.6. The molecule has 2 rings (SSSR count). The number of nitrogen functional groups attached to an aromatic ring is 1. The summed E-state index contributed by atoms with van der Waals surface area (Å²) >= 11 is 3.36. The average molecular weight is 349 g/mol. The van der Waals surface area contributed by atoms with E-state index in [-0.39, 0.29) is 5.91 Å². The number of carbonyl (C=O) groups excluding carboxylic acids is 1. The van der Waals surface area contributed by atoms with Gasteiger partial charge in [-0.15, -0.1) is 0 Å². The molecule has 0 aliphatic heterocycles. The predicted octanol–water partition coefficient (Wildman–Crippen LogP) is 3.91. The summed E-state index contributed by atoms with van der Waals surface area (Å²) < 4.78 is 5.93. The quantitative estimate of drug-likeness (QED) is 0.826. The minimum Gasteiger partial charge on any atom is -0.497 e. The van der Waals surface area contributed by atoms with E-state index >= 15 is 0 Å². The van der Waals surface area contributed by atoms with E-state index in [4.69, 9.17) is 10.5 Å². The number of nitrogens with two attached hydrogens (primary N) is 1. The lowest BCUT2D eigenvalue weighted by Crippen LogP contribution is -2.15. The van der Waals surface area contributed by atoms with Crippen molar-refractivity contribution in [3.8, 4) is 5.75 Å². The third-order valence-corrected chi connectivity index (χ3v) is 3.80. The van der Waals surface area contributed by atoms with Crippen molar-refractivity contribution in [2.45, 2.75) is 13.8 Å². The number of hydrogen-bond acceptors (Lipinski definition) is 3. The van der Waals surface area contributed by atoms with Gasteiger partial charge in [0, 0.05) is 21.4 Å². The summed E-state index contributed by atoms with van der Waals surface area (Å²) in [4.78, 5) is 12.4. The number of halogens is 1. The van der Waals surface area contributed by atoms with E-state index in [9.17, 15) is 4.79 Å². The molecule has 2 aromatic carbocycles. The van der Waals surface area contributed by atoms with E-state index in [0.717, 1.165) is 27.0 Å². The number of anilines is 2. The molecule has 0 spiro atoms. The molecule has 0 aliphatic rings. The Morgan fingerprint density at radius 2 is 1.95 bits per heavy atom.